The maximum absolute atomic E-state index is 13.0. The number of halogens is 1. The number of aromatic nitrogens is 3. The third-order valence-electron chi connectivity index (χ3n) is 4.51. The standard InChI is InChI=1S/C20H23BrN4O3/c1-12-6-13(2)8-15(7-12)27-11-16-14(3)28-23-19(16)20(26)24(4)10-18-17(21)9-22-25(18)5/h6-9H,10-11H2,1-5H3. The third-order valence-corrected chi connectivity index (χ3v) is 5.17. The molecule has 0 aliphatic heterocycles. The highest BCUT2D eigenvalue weighted by Gasteiger charge is 2.24. The molecule has 0 fully saturated rings. The molecule has 0 spiro atoms. The van der Waals surface area contributed by atoms with Gasteiger partial charge in [-0.15, -0.1) is 0 Å². The van der Waals surface area contributed by atoms with Gasteiger partial charge in [-0.25, -0.2) is 0 Å². The Labute approximate surface area is 172 Å². The molecular weight excluding hydrogens is 424 g/mol. The molecule has 0 saturated heterocycles. The molecule has 0 bridgehead atoms. The molecule has 7 nitrogen and oxygen atoms in total. The van der Waals surface area contributed by atoms with Crippen molar-refractivity contribution in [2.45, 2.75) is 33.9 Å². The smallest absolute Gasteiger partial charge is 0.276 e. The molecule has 1 aromatic carbocycles. The zero-order chi connectivity index (χ0) is 20.4. The predicted octanol–water partition coefficient (Wildman–Crippen LogP) is 3.95. The van der Waals surface area contributed by atoms with Crippen LogP contribution in [0.25, 0.3) is 0 Å². The van der Waals surface area contributed by atoms with E-state index in [9.17, 15) is 4.79 Å². The minimum absolute atomic E-state index is 0.211. The molecule has 2 heterocycles. The highest BCUT2D eigenvalue weighted by molar-refractivity contribution is 9.10. The minimum Gasteiger partial charge on any atom is -0.489 e. The van der Waals surface area contributed by atoms with Gasteiger partial charge in [0.05, 0.1) is 28.5 Å². The predicted molar refractivity (Wildman–Crippen MR) is 108 cm³/mol. The Kier molecular flexibility index (Phi) is 5.88. The van der Waals surface area contributed by atoms with E-state index < -0.39 is 0 Å². The molecule has 0 atom stereocenters. The molecule has 0 aliphatic rings. The largest absolute Gasteiger partial charge is 0.489 e. The van der Waals surface area contributed by atoms with Crippen LogP contribution in [0.4, 0.5) is 0 Å². The number of nitrogens with zero attached hydrogens (tertiary/aromatic N) is 4. The SMILES string of the molecule is Cc1cc(C)cc(OCc2c(C(=O)N(C)Cc3c(Br)cnn3C)noc2C)c1. The van der Waals surface area contributed by atoms with Crippen molar-refractivity contribution in [2.24, 2.45) is 7.05 Å². The van der Waals surface area contributed by atoms with Gasteiger partial charge in [-0.1, -0.05) is 11.2 Å². The maximum Gasteiger partial charge on any atom is 0.276 e. The van der Waals surface area contributed by atoms with Crippen LogP contribution in [0.1, 0.15) is 38.6 Å². The van der Waals surface area contributed by atoms with Gasteiger partial charge in [-0.05, 0) is 60.0 Å². The van der Waals surface area contributed by atoms with Crippen molar-refractivity contribution in [3.8, 4) is 5.75 Å². The second-order valence-electron chi connectivity index (χ2n) is 6.90. The van der Waals surface area contributed by atoms with Crippen LogP contribution in [0.15, 0.2) is 33.4 Å². The summed E-state index contributed by atoms with van der Waals surface area (Å²) in [6.07, 6.45) is 1.71. The van der Waals surface area contributed by atoms with Crippen molar-refractivity contribution >= 4 is 21.8 Å². The molecule has 0 saturated carbocycles. The molecule has 3 rings (SSSR count). The number of aryl methyl sites for hydroxylation is 4. The van der Waals surface area contributed by atoms with Gasteiger partial charge >= 0.3 is 0 Å². The minimum atomic E-state index is -0.232. The number of ether oxygens (including phenoxy) is 1. The third kappa shape index (κ3) is 4.27. The summed E-state index contributed by atoms with van der Waals surface area (Å²) in [5.41, 5.74) is 4.05. The van der Waals surface area contributed by atoms with Crippen LogP contribution in [0, 0.1) is 20.8 Å². The number of hydrogen-bond donors (Lipinski definition) is 0. The van der Waals surface area contributed by atoms with Crippen LogP contribution < -0.4 is 4.74 Å². The fourth-order valence-electron chi connectivity index (χ4n) is 2.99. The lowest BCUT2D eigenvalue weighted by Gasteiger charge is -2.17. The van der Waals surface area contributed by atoms with Crippen molar-refractivity contribution < 1.29 is 14.1 Å². The van der Waals surface area contributed by atoms with Gasteiger partial charge < -0.3 is 14.2 Å². The van der Waals surface area contributed by atoms with Gasteiger partial charge in [0.2, 0.25) is 0 Å². The lowest BCUT2D eigenvalue weighted by atomic mass is 10.1. The lowest BCUT2D eigenvalue weighted by molar-refractivity contribution is 0.0769. The van der Waals surface area contributed by atoms with E-state index in [1.54, 1.807) is 29.7 Å². The topological polar surface area (TPSA) is 73.4 Å². The summed E-state index contributed by atoms with van der Waals surface area (Å²) in [5.74, 6) is 1.09. The van der Waals surface area contributed by atoms with E-state index in [0.717, 1.165) is 27.0 Å². The molecule has 148 valence electrons. The normalized spacial score (nSPS) is 10.9. The quantitative estimate of drug-likeness (QED) is 0.572. The second-order valence-corrected chi connectivity index (χ2v) is 7.76. The van der Waals surface area contributed by atoms with E-state index in [4.69, 9.17) is 9.26 Å². The Morgan fingerprint density at radius 1 is 1.25 bits per heavy atom. The number of carbonyl (C=O) groups excluding carboxylic acids is 1. The van der Waals surface area contributed by atoms with Crippen molar-refractivity contribution in [1.82, 2.24) is 19.8 Å². The van der Waals surface area contributed by atoms with E-state index in [2.05, 4.69) is 32.3 Å². The maximum atomic E-state index is 13.0. The van der Waals surface area contributed by atoms with Crippen LogP contribution in [-0.4, -0.2) is 32.8 Å². The van der Waals surface area contributed by atoms with Crippen LogP contribution in [-0.2, 0) is 20.2 Å². The summed E-state index contributed by atoms with van der Waals surface area (Å²) in [6.45, 7) is 6.42. The van der Waals surface area contributed by atoms with Gasteiger partial charge in [0, 0.05) is 14.1 Å². The van der Waals surface area contributed by atoms with Crippen LogP contribution >= 0.6 is 15.9 Å². The summed E-state index contributed by atoms with van der Waals surface area (Å²) in [5, 5.41) is 8.16. The number of hydrogen-bond acceptors (Lipinski definition) is 5. The van der Waals surface area contributed by atoms with E-state index in [1.165, 1.54) is 0 Å². The number of rotatable bonds is 6. The Balaban J connectivity index is 1.76. The van der Waals surface area contributed by atoms with E-state index >= 15 is 0 Å². The highest BCUT2D eigenvalue weighted by Crippen LogP contribution is 2.22. The Bertz CT molecular complexity index is 969. The molecule has 0 N–H and O–H groups in total. The van der Waals surface area contributed by atoms with Gasteiger partial charge in [0.1, 0.15) is 18.1 Å². The Morgan fingerprint density at radius 3 is 2.54 bits per heavy atom. The van der Waals surface area contributed by atoms with Gasteiger partial charge in [0.25, 0.3) is 5.91 Å². The van der Waals surface area contributed by atoms with Crippen LogP contribution in [0.3, 0.4) is 0 Å². The van der Waals surface area contributed by atoms with Crippen LogP contribution in [0.2, 0.25) is 0 Å². The zero-order valence-electron chi connectivity index (χ0n) is 16.6. The molecule has 0 aliphatic carbocycles. The van der Waals surface area contributed by atoms with Crippen LogP contribution in [0.5, 0.6) is 5.75 Å². The monoisotopic (exact) mass is 446 g/mol. The van der Waals surface area contributed by atoms with E-state index in [1.807, 2.05) is 33.0 Å². The highest BCUT2D eigenvalue weighted by atomic mass is 79.9. The summed E-state index contributed by atoms with van der Waals surface area (Å²) in [4.78, 5) is 14.5. The molecule has 3 aromatic rings. The fraction of sp³-hybridized carbons (Fsp3) is 0.350. The zero-order valence-corrected chi connectivity index (χ0v) is 18.2. The number of benzene rings is 1. The first-order valence-corrected chi connectivity index (χ1v) is 9.63. The van der Waals surface area contributed by atoms with Gasteiger partial charge in [-0.3, -0.25) is 9.48 Å². The number of amides is 1. The molecule has 28 heavy (non-hydrogen) atoms. The van der Waals surface area contributed by atoms with Crippen molar-refractivity contribution in [1.29, 1.82) is 0 Å². The first kappa shape index (κ1) is 20.1. The Hall–Kier alpha value is -2.61. The van der Waals surface area contributed by atoms with Crippen molar-refractivity contribution in [2.75, 3.05) is 7.05 Å². The van der Waals surface area contributed by atoms with E-state index in [0.29, 0.717) is 17.9 Å². The molecule has 1 amide bonds. The summed E-state index contributed by atoms with van der Waals surface area (Å²) in [7, 11) is 3.56. The summed E-state index contributed by atoms with van der Waals surface area (Å²) < 4.78 is 13.8. The van der Waals surface area contributed by atoms with Gasteiger partial charge in [0.15, 0.2) is 5.69 Å². The lowest BCUT2D eigenvalue weighted by Crippen LogP contribution is -2.28. The second kappa shape index (κ2) is 8.18. The first-order chi connectivity index (χ1) is 13.3. The average molecular weight is 447 g/mol. The fourth-order valence-corrected chi connectivity index (χ4v) is 3.47. The summed E-state index contributed by atoms with van der Waals surface area (Å²) in [6, 6.07) is 6.00. The molecule has 0 radical (unpaired) electrons. The van der Waals surface area contributed by atoms with Crippen molar-refractivity contribution in [3.05, 3.63) is 62.7 Å². The molecular formula is C20H23BrN4O3. The Morgan fingerprint density at radius 2 is 1.93 bits per heavy atom. The van der Waals surface area contributed by atoms with Crippen molar-refractivity contribution in [3.63, 3.8) is 0 Å². The van der Waals surface area contributed by atoms with E-state index in [-0.39, 0.29) is 18.2 Å². The average Bonchev–Trinajstić information content (AvgIpc) is 3.15. The molecule has 2 aromatic heterocycles. The van der Waals surface area contributed by atoms with Gasteiger partial charge in [-0.2, -0.15) is 5.10 Å². The summed E-state index contributed by atoms with van der Waals surface area (Å²) >= 11 is 3.46. The molecule has 8 heteroatoms. The molecule has 0 unspecified atom stereocenters. The number of carbonyl (C=O) groups is 1. The first-order valence-electron chi connectivity index (χ1n) is 8.84.